The standard InChI is InChI=1S/C24H18N2O6/c1-13-3-7-16(8-4-13)26-22(28)19(21(27)25-24(26)31)12-17-9-10-20(32-17)18-11-15(23(29)30)6-5-14(18)2/h3-12H,1-2H3,(H,29,30)(H,25,27,31)/p-1/b19-12+. The third-order valence-corrected chi connectivity index (χ3v) is 5.05. The van der Waals surface area contributed by atoms with Crippen LogP contribution in [0.1, 0.15) is 27.2 Å². The van der Waals surface area contributed by atoms with Gasteiger partial charge in [-0.3, -0.25) is 14.9 Å². The van der Waals surface area contributed by atoms with Crippen LogP contribution < -0.4 is 15.3 Å². The first-order valence-corrected chi connectivity index (χ1v) is 9.65. The molecule has 0 saturated carbocycles. The first kappa shape index (κ1) is 20.8. The number of amides is 4. The maximum atomic E-state index is 12.9. The number of benzene rings is 2. The summed E-state index contributed by atoms with van der Waals surface area (Å²) >= 11 is 0. The number of anilines is 1. The average Bonchev–Trinajstić information content (AvgIpc) is 3.21. The number of nitrogens with one attached hydrogen (secondary N) is 1. The van der Waals surface area contributed by atoms with Gasteiger partial charge in [0.15, 0.2) is 0 Å². The number of carbonyl (C=O) groups excluding carboxylic acids is 4. The summed E-state index contributed by atoms with van der Waals surface area (Å²) in [4.78, 5) is 49.6. The maximum Gasteiger partial charge on any atom is 0.335 e. The van der Waals surface area contributed by atoms with Gasteiger partial charge in [-0.05, 0) is 61.4 Å². The topological polar surface area (TPSA) is 120 Å². The van der Waals surface area contributed by atoms with Crippen LogP contribution in [0.25, 0.3) is 17.4 Å². The van der Waals surface area contributed by atoms with Crippen molar-refractivity contribution in [3.05, 3.63) is 82.6 Å². The van der Waals surface area contributed by atoms with E-state index in [1.807, 2.05) is 6.92 Å². The summed E-state index contributed by atoms with van der Waals surface area (Å²) in [6, 6.07) is 13.5. The molecule has 8 heteroatoms. The zero-order valence-corrected chi connectivity index (χ0v) is 17.2. The number of carboxylic acids is 1. The van der Waals surface area contributed by atoms with Crippen LogP contribution in [-0.4, -0.2) is 23.8 Å². The molecule has 1 aliphatic heterocycles. The molecule has 1 saturated heterocycles. The van der Waals surface area contributed by atoms with Crippen molar-refractivity contribution >= 4 is 35.6 Å². The summed E-state index contributed by atoms with van der Waals surface area (Å²) in [5.41, 5.74) is 2.30. The van der Waals surface area contributed by atoms with E-state index in [2.05, 4.69) is 5.32 Å². The number of carbonyl (C=O) groups is 4. The third-order valence-electron chi connectivity index (χ3n) is 5.05. The van der Waals surface area contributed by atoms with Crippen molar-refractivity contribution in [3.8, 4) is 11.3 Å². The number of hydrogen-bond acceptors (Lipinski definition) is 6. The Kier molecular flexibility index (Phi) is 5.19. The lowest BCUT2D eigenvalue weighted by Gasteiger charge is -2.26. The molecule has 8 nitrogen and oxygen atoms in total. The molecule has 32 heavy (non-hydrogen) atoms. The molecule has 0 aliphatic carbocycles. The van der Waals surface area contributed by atoms with Crippen LogP contribution >= 0.6 is 0 Å². The molecule has 4 amide bonds. The molecule has 1 aromatic heterocycles. The highest BCUT2D eigenvalue weighted by Gasteiger charge is 2.37. The fraction of sp³-hybridized carbons (Fsp3) is 0.0833. The zero-order valence-electron chi connectivity index (χ0n) is 17.2. The van der Waals surface area contributed by atoms with Crippen molar-refractivity contribution in [2.45, 2.75) is 13.8 Å². The van der Waals surface area contributed by atoms with Crippen molar-refractivity contribution in [1.29, 1.82) is 0 Å². The van der Waals surface area contributed by atoms with Gasteiger partial charge >= 0.3 is 6.03 Å². The molecule has 1 aliphatic rings. The van der Waals surface area contributed by atoms with Crippen molar-refractivity contribution in [2.24, 2.45) is 0 Å². The van der Waals surface area contributed by atoms with Crippen molar-refractivity contribution < 1.29 is 28.7 Å². The molecule has 2 aromatic carbocycles. The number of urea groups is 1. The lowest BCUT2D eigenvalue weighted by atomic mass is 10.0. The molecule has 4 rings (SSSR count). The molecule has 0 bridgehead atoms. The number of hydrogen-bond donors (Lipinski definition) is 1. The third kappa shape index (κ3) is 3.81. The van der Waals surface area contributed by atoms with Crippen molar-refractivity contribution in [1.82, 2.24) is 5.32 Å². The number of aromatic carboxylic acids is 1. The lowest BCUT2D eigenvalue weighted by Crippen LogP contribution is -2.54. The number of barbiturate groups is 1. The van der Waals surface area contributed by atoms with Crippen LogP contribution in [0.5, 0.6) is 0 Å². The van der Waals surface area contributed by atoms with E-state index in [0.29, 0.717) is 17.0 Å². The van der Waals surface area contributed by atoms with Crippen LogP contribution in [0.15, 0.2) is 64.6 Å². The van der Waals surface area contributed by atoms with Crippen molar-refractivity contribution in [3.63, 3.8) is 0 Å². The lowest BCUT2D eigenvalue weighted by molar-refractivity contribution is -0.255. The number of furan rings is 1. The molecular formula is C24H17N2O6-. The molecule has 0 spiro atoms. The molecule has 0 atom stereocenters. The Hall–Kier alpha value is -4.46. The Labute approximate surface area is 182 Å². The Bertz CT molecular complexity index is 1300. The average molecular weight is 429 g/mol. The highest BCUT2D eigenvalue weighted by molar-refractivity contribution is 6.39. The zero-order chi connectivity index (χ0) is 23.0. The second-order valence-corrected chi connectivity index (χ2v) is 7.31. The van der Waals surface area contributed by atoms with Gasteiger partial charge in [0.1, 0.15) is 17.1 Å². The summed E-state index contributed by atoms with van der Waals surface area (Å²) in [7, 11) is 0. The summed E-state index contributed by atoms with van der Waals surface area (Å²) in [5.74, 6) is -2.39. The van der Waals surface area contributed by atoms with Crippen LogP contribution in [0.4, 0.5) is 10.5 Å². The predicted molar refractivity (Wildman–Crippen MR) is 113 cm³/mol. The number of aryl methyl sites for hydroxylation is 2. The van der Waals surface area contributed by atoms with Gasteiger partial charge in [-0.1, -0.05) is 29.8 Å². The molecule has 0 unspecified atom stereocenters. The molecule has 3 aromatic rings. The van der Waals surface area contributed by atoms with Gasteiger partial charge in [0, 0.05) is 5.56 Å². The summed E-state index contributed by atoms with van der Waals surface area (Å²) in [6.45, 7) is 3.66. The monoisotopic (exact) mass is 429 g/mol. The number of rotatable bonds is 4. The van der Waals surface area contributed by atoms with E-state index in [1.54, 1.807) is 49.4 Å². The molecule has 160 valence electrons. The van der Waals surface area contributed by atoms with Gasteiger partial charge in [0.25, 0.3) is 11.8 Å². The van der Waals surface area contributed by atoms with Gasteiger partial charge in [-0.15, -0.1) is 0 Å². The molecular weight excluding hydrogens is 412 g/mol. The van der Waals surface area contributed by atoms with Gasteiger partial charge < -0.3 is 14.3 Å². The van der Waals surface area contributed by atoms with E-state index in [-0.39, 0.29) is 16.9 Å². The normalized spacial score (nSPS) is 15.2. The van der Waals surface area contributed by atoms with E-state index in [9.17, 15) is 24.3 Å². The highest BCUT2D eigenvalue weighted by Crippen LogP contribution is 2.28. The Balaban J connectivity index is 1.69. The smallest absolute Gasteiger partial charge is 0.335 e. The first-order valence-electron chi connectivity index (χ1n) is 9.65. The van der Waals surface area contributed by atoms with Crippen LogP contribution in [0.2, 0.25) is 0 Å². The van der Waals surface area contributed by atoms with E-state index < -0.39 is 23.8 Å². The maximum absolute atomic E-state index is 12.9. The Morgan fingerprint density at radius 2 is 1.72 bits per heavy atom. The van der Waals surface area contributed by atoms with Gasteiger partial charge in [-0.2, -0.15) is 0 Å². The van der Waals surface area contributed by atoms with Crippen LogP contribution in [0.3, 0.4) is 0 Å². The second kappa shape index (κ2) is 7.99. The van der Waals surface area contributed by atoms with Crippen LogP contribution in [0, 0.1) is 13.8 Å². The minimum atomic E-state index is -1.31. The summed E-state index contributed by atoms with van der Waals surface area (Å²) in [5, 5.41) is 13.3. The second-order valence-electron chi connectivity index (χ2n) is 7.31. The quantitative estimate of drug-likeness (QED) is 0.503. The van der Waals surface area contributed by atoms with E-state index in [4.69, 9.17) is 4.42 Å². The molecule has 0 radical (unpaired) electrons. The van der Waals surface area contributed by atoms with E-state index in [1.165, 1.54) is 18.2 Å². The minimum Gasteiger partial charge on any atom is -0.545 e. The predicted octanol–water partition coefficient (Wildman–Crippen LogP) is 2.59. The molecule has 2 heterocycles. The number of imide groups is 2. The van der Waals surface area contributed by atoms with Crippen LogP contribution in [-0.2, 0) is 9.59 Å². The SMILES string of the molecule is Cc1ccc(N2C(=O)NC(=O)/C(=C\c3ccc(-c4cc(C(=O)[O-])ccc4C)o3)C2=O)cc1. The number of carboxylic acid groups (broad SMARTS) is 1. The first-order chi connectivity index (χ1) is 15.2. The minimum absolute atomic E-state index is 0.00371. The van der Waals surface area contributed by atoms with Gasteiger partial charge in [0.2, 0.25) is 0 Å². The van der Waals surface area contributed by atoms with Gasteiger partial charge in [-0.25, -0.2) is 9.69 Å². The van der Waals surface area contributed by atoms with E-state index in [0.717, 1.165) is 16.0 Å². The van der Waals surface area contributed by atoms with E-state index >= 15 is 0 Å². The van der Waals surface area contributed by atoms with Crippen molar-refractivity contribution in [2.75, 3.05) is 4.90 Å². The number of nitrogens with zero attached hydrogens (tertiary/aromatic N) is 1. The Morgan fingerprint density at radius 3 is 2.41 bits per heavy atom. The summed E-state index contributed by atoms with van der Waals surface area (Å²) in [6.07, 6.45) is 1.24. The molecule has 1 N–H and O–H groups in total. The fourth-order valence-corrected chi connectivity index (χ4v) is 3.32. The summed E-state index contributed by atoms with van der Waals surface area (Å²) < 4.78 is 5.74. The largest absolute Gasteiger partial charge is 0.545 e. The highest BCUT2D eigenvalue weighted by atomic mass is 16.4. The van der Waals surface area contributed by atoms with Gasteiger partial charge in [0.05, 0.1) is 11.7 Å². The Morgan fingerprint density at radius 1 is 1.00 bits per heavy atom. The fourth-order valence-electron chi connectivity index (χ4n) is 3.32. The molecule has 1 fully saturated rings.